The first-order valence-corrected chi connectivity index (χ1v) is 7.04. The first-order valence-electron chi connectivity index (χ1n) is 7.04. The van der Waals surface area contributed by atoms with Crippen LogP contribution in [0.3, 0.4) is 0 Å². The standard InChI is InChI=1S/C16H15N5O/c17-9-13-1-3-15(18-10-13)4-2-14-11-19-16(20-12-14)21-5-7-22-8-6-21/h1-4,10-12H,5-8H2/b4-2+. The number of anilines is 1. The monoisotopic (exact) mass is 293 g/mol. The van der Waals surface area contributed by atoms with Gasteiger partial charge in [0.25, 0.3) is 0 Å². The van der Waals surface area contributed by atoms with Crippen LogP contribution in [0.15, 0.2) is 30.7 Å². The lowest BCUT2D eigenvalue weighted by molar-refractivity contribution is 0.122. The fourth-order valence-electron chi connectivity index (χ4n) is 2.10. The van der Waals surface area contributed by atoms with Crippen molar-refractivity contribution in [2.24, 2.45) is 0 Å². The number of ether oxygens (including phenoxy) is 1. The van der Waals surface area contributed by atoms with Crippen LogP contribution in [0.2, 0.25) is 0 Å². The van der Waals surface area contributed by atoms with Gasteiger partial charge in [0, 0.05) is 37.2 Å². The highest BCUT2D eigenvalue weighted by molar-refractivity contribution is 5.67. The Labute approximate surface area is 128 Å². The van der Waals surface area contributed by atoms with Crippen molar-refractivity contribution in [2.45, 2.75) is 0 Å². The SMILES string of the molecule is N#Cc1ccc(/C=C/c2cnc(N3CCOCC3)nc2)nc1. The molecule has 6 heteroatoms. The quantitative estimate of drug-likeness (QED) is 0.858. The Morgan fingerprint density at radius 1 is 1.05 bits per heavy atom. The highest BCUT2D eigenvalue weighted by atomic mass is 16.5. The second-order valence-electron chi connectivity index (χ2n) is 4.83. The minimum Gasteiger partial charge on any atom is -0.378 e. The van der Waals surface area contributed by atoms with Gasteiger partial charge in [-0.25, -0.2) is 9.97 Å². The Kier molecular flexibility index (Phi) is 4.37. The van der Waals surface area contributed by atoms with Crippen molar-refractivity contribution in [3.8, 4) is 6.07 Å². The van der Waals surface area contributed by atoms with Crippen LogP contribution in [0.25, 0.3) is 12.2 Å². The molecule has 110 valence electrons. The molecule has 3 rings (SSSR count). The number of rotatable bonds is 3. The molecule has 1 aliphatic rings. The van der Waals surface area contributed by atoms with Gasteiger partial charge in [-0.2, -0.15) is 5.26 Å². The van der Waals surface area contributed by atoms with E-state index in [1.165, 1.54) is 0 Å². The third-order valence-corrected chi connectivity index (χ3v) is 3.31. The summed E-state index contributed by atoms with van der Waals surface area (Å²) in [4.78, 5) is 15.1. The Hall–Kier alpha value is -2.78. The Morgan fingerprint density at radius 3 is 2.45 bits per heavy atom. The third kappa shape index (κ3) is 3.45. The Balaban J connectivity index is 1.67. The maximum atomic E-state index is 8.73. The van der Waals surface area contributed by atoms with Gasteiger partial charge in [0.05, 0.1) is 24.5 Å². The molecule has 0 amide bonds. The van der Waals surface area contributed by atoms with Gasteiger partial charge in [-0.15, -0.1) is 0 Å². The highest BCUT2D eigenvalue weighted by Gasteiger charge is 2.12. The Morgan fingerprint density at radius 2 is 1.82 bits per heavy atom. The van der Waals surface area contributed by atoms with E-state index >= 15 is 0 Å². The molecule has 0 spiro atoms. The summed E-state index contributed by atoms with van der Waals surface area (Å²) in [5.74, 6) is 0.733. The molecule has 3 heterocycles. The molecule has 0 N–H and O–H groups in total. The van der Waals surface area contributed by atoms with Crippen molar-refractivity contribution in [1.82, 2.24) is 15.0 Å². The van der Waals surface area contributed by atoms with Crippen LogP contribution < -0.4 is 4.90 Å². The van der Waals surface area contributed by atoms with Crippen LogP contribution in [-0.4, -0.2) is 41.3 Å². The van der Waals surface area contributed by atoms with Gasteiger partial charge >= 0.3 is 0 Å². The molecule has 0 aromatic carbocycles. The van der Waals surface area contributed by atoms with Gasteiger partial charge in [0.1, 0.15) is 6.07 Å². The van der Waals surface area contributed by atoms with Crippen LogP contribution >= 0.6 is 0 Å². The van der Waals surface area contributed by atoms with Gasteiger partial charge in [0.2, 0.25) is 5.95 Å². The van der Waals surface area contributed by atoms with Gasteiger partial charge < -0.3 is 9.64 Å². The molecular weight excluding hydrogens is 278 g/mol. The van der Waals surface area contributed by atoms with E-state index in [0.29, 0.717) is 5.56 Å². The number of morpholine rings is 1. The average Bonchev–Trinajstić information content (AvgIpc) is 2.61. The summed E-state index contributed by atoms with van der Waals surface area (Å²) in [6.07, 6.45) is 8.90. The maximum Gasteiger partial charge on any atom is 0.225 e. The van der Waals surface area contributed by atoms with Gasteiger partial charge in [-0.05, 0) is 24.3 Å². The van der Waals surface area contributed by atoms with E-state index < -0.39 is 0 Å². The largest absolute Gasteiger partial charge is 0.378 e. The third-order valence-electron chi connectivity index (χ3n) is 3.31. The Bertz CT molecular complexity index is 682. The van der Waals surface area contributed by atoms with Crippen molar-refractivity contribution < 1.29 is 4.74 Å². The van der Waals surface area contributed by atoms with Crippen molar-refractivity contribution in [2.75, 3.05) is 31.2 Å². The lowest BCUT2D eigenvalue weighted by atomic mass is 10.2. The minimum atomic E-state index is 0.551. The van der Waals surface area contributed by atoms with E-state index in [1.54, 1.807) is 30.7 Å². The molecule has 1 saturated heterocycles. The number of hydrogen-bond acceptors (Lipinski definition) is 6. The number of nitrogens with zero attached hydrogens (tertiary/aromatic N) is 5. The number of hydrogen-bond donors (Lipinski definition) is 0. The summed E-state index contributed by atoms with van der Waals surface area (Å²) in [6.45, 7) is 3.08. The predicted octanol–water partition coefficient (Wildman–Crippen LogP) is 1.75. The highest BCUT2D eigenvalue weighted by Crippen LogP contribution is 2.11. The average molecular weight is 293 g/mol. The van der Waals surface area contributed by atoms with Crippen molar-refractivity contribution in [3.05, 3.63) is 47.5 Å². The molecule has 1 aliphatic heterocycles. The van der Waals surface area contributed by atoms with Crippen LogP contribution in [0.4, 0.5) is 5.95 Å². The molecule has 0 radical (unpaired) electrons. The van der Waals surface area contributed by atoms with Crippen molar-refractivity contribution >= 4 is 18.1 Å². The molecule has 0 bridgehead atoms. The van der Waals surface area contributed by atoms with Crippen LogP contribution in [-0.2, 0) is 4.74 Å². The van der Waals surface area contributed by atoms with Crippen LogP contribution in [0, 0.1) is 11.3 Å². The van der Waals surface area contributed by atoms with Crippen molar-refractivity contribution in [3.63, 3.8) is 0 Å². The maximum absolute atomic E-state index is 8.73. The van der Waals surface area contributed by atoms with Crippen LogP contribution in [0.1, 0.15) is 16.8 Å². The normalized spacial score (nSPS) is 15.0. The second-order valence-corrected chi connectivity index (χ2v) is 4.83. The first-order chi connectivity index (χ1) is 10.8. The summed E-state index contributed by atoms with van der Waals surface area (Å²) in [6, 6.07) is 5.59. The van der Waals surface area contributed by atoms with Crippen LogP contribution in [0.5, 0.6) is 0 Å². The summed E-state index contributed by atoms with van der Waals surface area (Å²) < 4.78 is 5.31. The van der Waals surface area contributed by atoms with E-state index in [1.807, 2.05) is 18.2 Å². The topological polar surface area (TPSA) is 74.9 Å². The van der Waals surface area contributed by atoms with E-state index in [9.17, 15) is 0 Å². The minimum absolute atomic E-state index is 0.551. The molecule has 6 nitrogen and oxygen atoms in total. The molecule has 0 aliphatic carbocycles. The summed E-state index contributed by atoms with van der Waals surface area (Å²) in [7, 11) is 0. The molecule has 0 unspecified atom stereocenters. The lowest BCUT2D eigenvalue weighted by Crippen LogP contribution is -2.37. The summed E-state index contributed by atoms with van der Waals surface area (Å²) in [5, 5.41) is 8.73. The number of nitriles is 1. The fourth-order valence-corrected chi connectivity index (χ4v) is 2.10. The van der Waals surface area contributed by atoms with E-state index in [0.717, 1.165) is 43.5 Å². The number of pyridine rings is 1. The van der Waals surface area contributed by atoms with Crippen molar-refractivity contribution in [1.29, 1.82) is 5.26 Å². The zero-order chi connectivity index (χ0) is 15.2. The number of aromatic nitrogens is 3. The second kappa shape index (κ2) is 6.78. The van der Waals surface area contributed by atoms with E-state index in [2.05, 4.69) is 19.9 Å². The molecule has 22 heavy (non-hydrogen) atoms. The molecule has 0 saturated carbocycles. The molecular formula is C16H15N5O. The zero-order valence-corrected chi connectivity index (χ0v) is 12.0. The smallest absolute Gasteiger partial charge is 0.225 e. The predicted molar refractivity (Wildman–Crippen MR) is 82.9 cm³/mol. The van der Waals surface area contributed by atoms with Gasteiger partial charge in [-0.1, -0.05) is 0 Å². The zero-order valence-electron chi connectivity index (χ0n) is 12.0. The summed E-state index contributed by atoms with van der Waals surface area (Å²) >= 11 is 0. The summed E-state index contributed by atoms with van der Waals surface area (Å²) in [5.41, 5.74) is 2.25. The van der Waals surface area contributed by atoms with E-state index in [-0.39, 0.29) is 0 Å². The van der Waals surface area contributed by atoms with E-state index in [4.69, 9.17) is 10.00 Å². The fraction of sp³-hybridized carbons (Fsp3) is 0.250. The molecule has 2 aromatic rings. The molecule has 2 aromatic heterocycles. The molecule has 0 atom stereocenters. The van der Waals surface area contributed by atoms with Gasteiger partial charge in [0.15, 0.2) is 0 Å². The molecule has 1 fully saturated rings. The lowest BCUT2D eigenvalue weighted by Gasteiger charge is -2.26. The first kappa shape index (κ1) is 14.2. The van der Waals surface area contributed by atoms with Gasteiger partial charge in [-0.3, -0.25) is 4.98 Å².